The van der Waals surface area contributed by atoms with Crippen LogP contribution in [0.4, 0.5) is 5.69 Å². The molecule has 4 aliphatic rings. The number of anilines is 1. The standard InChI is InChI=1S/C20H25BrN2O2/c1-12(20-9-13-6-14(10-20)8-15(7-13)11-20)22-18(24)19(25)23-17-4-2-16(21)3-5-17/h2-5,12-15H,6-11H2,1H3,(H,22,24)(H,23,25). The summed E-state index contributed by atoms with van der Waals surface area (Å²) in [6.45, 7) is 2.10. The number of carbonyl (C=O) groups is 2. The quantitative estimate of drug-likeness (QED) is 0.744. The molecule has 1 atom stereocenters. The van der Waals surface area contributed by atoms with Gasteiger partial charge in [0.15, 0.2) is 0 Å². The van der Waals surface area contributed by atoms with Crippen molar-refractivity contribution in [3.63, 3.8) is 0 Å². The maximum Gasteiger partial charge on any atom is 0.313 e. The van der Waals surface area contributed by atoms with Gasteiger partial charge in [-0.25, -0.2) is 0 Å². The van der Waals surface area contributed by atoms with E-state index in [2.05, 4.69) is 33.5 Å². The highest BCUT2D eigenvalue weighted by atomic mass is 79.9. The highest BCUT2D eigenvalue weighted by molar-refractivity contribution is 9.10. The van der Waals surface area contributed by atoms with Gasteiger partial charge in [0.25, 0.3) is 0 Å². The average molecular weight is 405 g/mol. The molecule has 0 saturated heterocycles. The smallest absolute Gasteiger partial charge is 0.313 e. The second kappa shape index (κ2) is 6.42. The second-order valence-corrected chi connectivity index (χ2v) is 9.35. The number of benzene rings is 1. The first-order valence-electron chi connectivity index (χ1n) is 9.31. The molecule has 1 aromatic rings. The van der Waals surface area contributed by atoms with Gasteiger partial charge in [-0.2, -0.15) is 0 Å². The molecule has 2 N–H and O–H groups in total. The van der Waals surface area contributed by atoms with Crippen LogP contribution in [0.25, 0.3) is 0 Å². The molecule has 4 nitrogen and oxygen atoms in total. The first-order valence-corrected chi connectivity index (χ1v) is 10.1. The Morgan fingerprint density at radius 1 is 1.00 bits per heavy atom. The van der Waals surface area contributed by atoms with Gasteiger partial charge in [-0.05, 0) is 92.9 Å². The van der Waals surface area contributed by atoms with Crippen molar-refractivity contribution in [2.75, 3.05) is 5.32 Å². The molecule has 4 saturated carbocycles. The molecule has 1 unspecified atom stereocenters. The summed E-state index contributed by atoms with van der Waals surface area (Å²) >= 11 is 3.36. The van der Waals surface area contributed by atoms with Crippen molar-refractivity contribution in [2.24, 2.45) is 23.2 Å². The second-order valence-electron chi connectivity index (χ2n) is 8.44. The number of rotatable bonds is 3. The number of hydrogen-bond acceptors (Lipinski definition) is 2. The molecule has 0 heterocycles. The number of hydrogen-bond donors (Lipinski definition) is 2. The van der Waals surface area contributed by atoms with Crippen LogP contribution in [0.1, 0.15) is 45.4 Å². The predicted molar refractivity (Wildman–Crippen MR) is 101 cm³/mol. The van der Waals surface area contributed by atoms with E-state index in [9.17, 15) is 9.59 Å². The van der Waals surface area contributed by atoms with E-state index >= 15 is 0 Å². The van der Waals surface area contributed by atoms with Crippen LogP contribution in [0.3, 0.4) is 0 Å². The molecule has 0 spiro atoms. The topological polar surface area (TPSA) is 58.2 Å². The zero-order valence-corrected chi connectivity index (χ0v) is 16.1. The van der Waals surface area contributed by atoms with Gasteiger partial charge < -0.3 is 10.6 Å². The molecular formula is C20H25BrN2O2. The molecule has 5 heteroatoms. The minimum atomic E-state index is -0.584. The molecule has 4 fully saturated rings. The molecule has 5 rings (SSSR count). The van der Waals surface area contributed by atoms with Gasteiger partial charge in [0.2, 0.25) is 0 Å². The highest BCUT2D eigenvalue weighted by Crippen LogP contribution is 2.61. The number of amides is 2. The van der Waals surface area contributed by atoms with Crippen molar-refractivity contribution >= 4 is 33.4 Å². The van der Waals surface area contributed by atoms with Crippen molar-refractivity contribution in [3.8, 4) is 0 Å². The lowest BCUT2D eigenvalue weighted by atomic mass is 9.48. The van der Waals surface area contributed by atoms with Crippen LogP contribution in [0.5, 0.6) is 0 Å². The van der Waals surface area contributed by atoms with Crippen LogP contribution >= 0.6 is 15.9 Å². The van der Waals surface area contributed by atoms with Gasteiger partial charge >= 0.3 is 11.8 Å². The fourth-order valence-corrected chi connectivity index (χ4v) is 6.11. The number of halogens is 1. The Bertz CT molecular complexity index is 650. The minimum absolute atomic E-state index is 0.0593. The van der Waals surface area contributed by atoms with E-state index in [0.29, 0.717) is 5.69 Å². The summed E-state index contributed by atoms with van der Waals surface area (Å²) in [5.41, 5.74) is 0.841. The molecule has 0 aliphatic heterocycles. The maximum absolute atomic E-state index is 12.4. The van der Waals surface area contributed by atoms with E-state index in [1.165, 1.54) is 38.5 Å². The van der Waals surface area contributed by atoms with E-state index in [0.717, 1.165) is 22.2 Å². The van der Waals surface area contributed by atoms with Crippen LogP contribution in [0.15, 0.2) is 28.7 Å². The summed E-state index contributed by atoms with van der Waals surface area (Å²) in [6.07, 6.45) is 7.79. The lowest BCUT2D eigenvalue weighted by Gasteiger charge is -2.59. The lowest BCUT2D eigenvalue weighted by Crippen LogP contribution is -2.57. The molecular weight excluding hydrogens is 380 g/mol. The molecule has 4 aliphatic carbocycles. The highest BCUT2D eigenvalue weighted by Gasteiger charge is 2.53. The van der Waals surface area contributed by atoms with E-state index in [4.69, 9.17) is 0 Å². The summed E-state index contributed by atoms with van der Waals surface area (Å²) in [4.78, 5) is 24.6. The van der Waals surface area contributed by atoms with E-state index in [-0.39, 0.29) is 11.5 Å². The van der Waals surface area contributed by atoms with Gasteiger partial charge in [-0.3, -0.25) is 9.59 Å². The van der Waals surface area contributed by atoms with Gasteiger partial charge in [-0.1, -0.05) is 15.9 Å². The zero-order chi connectivity index (χ0) is 17.6. The van der Waals surface area contributed by atoms with Crippen LogP contribution in [0.2, 0.25) is 0 Å². The van der Waals surface area contributed by atoms with E-state index in [1.54, 1.807) is 12.1 Å². The van der Waals surface area contributed by atoms with Crippen molar-refractivity contribution in [2.45, 2.75) is 51.5 Å². The molecule has 0 radical (unpaired) electrons. The van der Waals surface area contributed by atoms with Crippen LogP contribution in [-0.4, -0.2) is 17.9 Å². The minimum Gasteiger partial charge on any atom is -0.345 e. The monoisotopic (exact) mass is 404 g/mol. The van der Waals surface area contributed by atoms with E-state index < -0.39 is 11.8 Å². The van der Waals surface area contributed by atoms with Gasteiger partial charge in [0, 0.05) is 16.2 Å². The first kappa shape index (κ1) is 17.1. The summed E-state index contributed by atoms with van der Waals surface area (Å²) in [5, 5.41) is 5.68. The molecule has 134 valence electrons. The number of nitrogens with one attached hydrogen (secondary N) is 2. The Morgan fingerprint density at radius 2 is 1.52 bits per heavy atom. The Labute approximate surface area is 157 Å². The summed E-state index contributed by atoms with van der Waals surface area (Å²) in [5.74, 6) is 1.40. The normalized spacial score (nSPS) is 33.8. The zero-order valence-electron chi connectivity index (χ0n) is 14.6. The predicted octanol–water partition coefficient (Wildman–Crippen LogP) is 4.11. The summed E-state index contributed by atoms with van der Waals surface area (Å²) in [7, 11) is 0. The molecule has 4 bridgehead atoms. The van der Waals surface area contributed by atoms with Gasteiger partial charge in [-0.15, -0.1) is 0 Å². The van der Waals surface area contributed by atoms with Crippen LogP contribution in [-0.2, 0) is 9.59 Å². The van der Waals surface area contributed by atoms with Crippen molar-refractivity contribution in [1.82, 2.24) is 5.32 Å². The Kier molecular flexibility index (Phi) is 4.38. The average Bonchev–Trinajstić information content (AvgIpc) is 2.55. The first-order chi connectivity index (χ1) is 11.9. The molecule has 2 amide bonds. The molecule has 1 aromatic carbocycles. The Balaban J connectivity index is 1.38. The van der Waals surface area contributed by atoms with Crippen LogP contribution < -0.4 is 10.6 Å². The fraction of sp³-hybridized carbons (Fsp3) is 0.600. The molecule has 0 aromatic heterocycles. The van der Waals surface area contributed by atoms with Crippen LogP contribution in [0, 0.1) is 23.2 Å². The van der Waals surface area contributed by atoms with E-state index in [1.807, 2.05) is 12.1 Å². The summed E-state index contributed by atoms with van der Waals surface area (Å²) < 4.78 is 0.936. The third kappa shape index (κ3) is 3.35. The van der Waals surface area contributed by atoms with Crippen molar-refractivity contribution in [1.29, 1.82) is 0 Å². The third-order valence-corrected chi connectivity index (χ3v) is 7.19. The van der Waals surface area contributed by atoms with Gasteiger partial charge in [0.1, 0.15) is 0 Å². The number of carbonyl (C=O) groups excluding carboxylic acids is 2. The lowest BCUT2D eigenvalue weighted by molar-refractivity contribution is -0.138. The van der Waals surface area contributed by atoms with Crippen molar-refractivity contribution < 1.29 is 9.59 Å². The Hall–Kier alpha value is -1.36. The maximum atomic E-state index is 12.4. The molecule has 25 heavy (non-hydrogen) atoms. The summed E-state index contributed by atoms with van der Waals surface area (Å²) in [6, 6.07) is 7.29. The third-order valence-electron chi connectivity index (χ3n) is 6.66. The van der Waals surface area contributed by atoms with Crippen molar-refractivity contribution in [3.05, 3.63) is 28.7 Å². The SMILES string of the molecule is CC(NC(=O)C(=O)Nc1ccc(Br)cc1)C12CC3CC(CC(C3)C1)C2. The Morgan fingerprint density at radius 3 is 2.04 bits per heavy atom. The van der Waals surface area contributed by atoms with Gasteiger partial charge in [0.05, 0.1) is 0 Å². The fourth-order valence-electron chi connectivity index (χ4n) is 5.84. The largest absolute Gasteiger partial charge is 0.345 e.